The highest BCUT2D eigenvalue weighted by molar-refractivity contribution is 8.12. The number of ether oxygens (including phenoxy) is 1. The SMILES string of the molecule is CSC(=O)N[C@H](C(=O)OC(C)(C)C)C(C)C. The van der Waals surface area contributed by atoms with Crippen LogP contribution in [0.5, 0.6) is 0 Å². The first kappa shape index (κ1) is 15.3. The van der Waals surface area contributed by atoms with Gasteiger partial charge in [0.05, 0.1) is 0 Å². The molecular formula is C11H21NO3S. The third kappa shape index (κ3) is 6.00. The third-order valence-electron chi connectivity index (χ3n) is 1.79. The standard InChI is InChI=1S/C11H21NO3S/c1-7(2)8(12-10(14)16-6)9(13)15-11(3,4)5/h7-8H,1-6H3,(H,12,14)/t8-/m0/s1. The summed E-state index contributed by atoms with van der Waals surface area (Å²) in [5, 5.41) is 2.42. The van der Waals surface area contributed by atoms with Crippen LogP contribution in [0.15, 0.2) is 0 Å². The molecule has 0 saturated heterocycles. The number of amides is 1. The van der Waals surface area contributed by atoms with Crippen molar-refractivity contribution in [2.75, 3.05) is 6.26 Å². The molecule has 1 amide bonds. The average molecular weight is 247 g/mol. The van der Waals surface area contributed by atoms with Crippen LogP contribution in [0.3, 0.4) is 0 Å². The van der Waals surface area contributed by atoms with Crippen LogP contribution in [-0.2, 0) is 9.53 Å². The summed E-state index contributed by atoms with van der Waals surface area (Å²) in [6, 6.07) is -0.584. The Kier molecular flexibility index (Phi) is 5.86. The zero-order valence-electron chi connectivity index (χ0n) is 10.8. The van der Waals surface area contributed by atoms with E-state index in [1.807, 2.05) is 13.8 Å². The molecule has 4 nitrogen and oxygen atoms in total. The van der Waals surface area contributed by atoms with Gasteiger partial charge < -0.3 is 10.1 Å². The Morgan fingerprint density at radius 1 is 1.25 bits per heavy atom. The number of carbonyl (C=O) groups excluding carboxylic acids is 2. The van der Waals surface area contributed by atoms with Crippen molar-refractivity contribution >= 4 is 23.0 Å². The Morgan fingerprint density at radius 2 is 1.75 bits per heavy atom. The number of esters is 1. The number of hydrogen-bond acceptors (Lipinski definition) is 4. The van der Waals surface area contributed by atoms with E-state index in [9.17, 15) is 9.59 Å². The number of thioether (sulfide) groups is 1. The van der Waals surface area contributed by atoms with Crippen molar-refractivity contribution in [1.29, 1.82) is 0 Å². The molecule has 0 fully saturated rings. The topological polar surface area (TPSA) is 55.4 Å². The maximum atomic E-state index is 11.8. The summed E-state index contributed by atoms with van der Waals surface area (Å²) >= 11 is 1.05. The average Bonchev–Trinajstić information content (AvgIpc) is 2.09. The van der Waals surface area contributed by atoms with Crippen molar-refractivity contribution in [3.8, 4) is 0 Å². The lowest BCUT2D eigenvalue weighted by molar-refractivity contribution is -0.158. The Bertz CT molecular complexity index is 258. The molecule has 0 saturated carbocycles. The predicted molar refractivity (Wildman–Crippen MR) is 66.5 cm³/mol. The first-order chi connectivity index (χ1) is 7.17. The summed E-state index contributed by atoms with van der Waals surface area (Å²) < 4.78 is 5.24. The van der Waals surface area contributed by atoms with E-state index in [1.54, 1.807) is 27.0 Å². The van der Waals surface area contributed by atoms with Crippen molar-refractivity contribution < 1.29 is 14.3 Å². The van der Waals surface area contributed by atoms with E-state index < -0.39 is 11.6 Å². The van der Waals surface area contributed by atoms with Gasteiger partial charge in [0.1, 0.15) is 11.6 Å². The molecule has 0 aliphatic rings. The van der Waals surface area contributed by atoms with E-state index in [-0.39, 0.29) is 17.1 Å². The van der Waals surface area contributed by atoms with Crippen molar-refractivity contribution in [3.05, 3.63) is 0 Å². The highest BCUT2D eigenvalue weighted by Gasteiger charge is 2.28. The fraction of sp³-hybridized carbons (Fsp3) is 0.818. The molecule has 0 rings (SSSR count). The van der Waals surface area contributed by atoms with Gasteiger partial charge in [0.25, 0.3) is 5.24 Å². The van der Waals surface area contributed by atoms with Gasteiger partial charge in [-0.25, -0.2) is 4.79 Å². The molecule has 94 valence electrons. The van der Waals surface area contributed by atoms with Gasteiger partial charge in [-0.15, -0.1) is 0 Å². The zero-order chi connectivity index (χ0) is 12.9. The fourth-order valence-electron chi connectivity index (χ4n) is 1.05. The van der Waals surface area contributed by atoms with Crippen LogP contribution >= 0.6 is 11.8 Å². The predicted octanol–water partition coefficient (Wildman–Crippen LogP) is 2.43. The van der Waals surface area contributed by atoms with Crippen molar-refractivity contribution in [2.45, 2.75) is 46.3 Å². The molecule has 0 spiro atoms. The number of carbonyl (C=O) groups is 2. The van der Waals surface area contributed by atoms with Gasteiger partial charge in [-0.05, 0) is 32.9 Å². The van der Waals surface area contributed by atoms with Gasteiger partial charge in [-0.1, -0.05) is 25.6 Å². The van der Waals surface area contributed by atoms with Gasteiger partial charge in [0.2, 0.25) is 0 Å². The smallest absolute Gasteiger partial charge is 0.329 e. The van der Waals surface area contributed by atoms with Crippen LogP contribution in [0.2, 0.25) is 0 Å². The molecule has 0 aromatic rings. The van der Waals surface area contributed by atoms with Gasteiger partial charge in [0.15, 0.2) is 0 Å². The van der Waals surface area contributed by atoms with E-state index in [4.69, 9.17) is 4.74 Å². The van der Waals surface area contributed by atoms with Crippen LogP contribution in [0.1, 0.15) is 34.6 Å². The summed E-state index contributed by atoms with van der Waals surface area (Å²) in [6.07, 6.45) is 1.67. The Labute approximate surface area is 101 Å². The maximum Gasteiger partial charge on any atom is 0.329 e. The summed E-state index contributed by atoms with van der Waals surface area (Å²) in [5.41, 5.74) is -0.533. The van der Waals surface area contributed by atoms with E-state index in [1.165, 1.54) is 0 Å². The molecule has 16 heavy (non-hydrogen) atoms. The molecule has 0 aliphatic heterocycles. The summed E-state index contributed by atoms with van der Waals surface area (Å²) in [4.78, 5) is 23.0. The van der Waals surface area contributed by atoms with Crippen LogP contribution in [0.4, 0.5) is 4.79 Å². The van der Waals surface area contributed by atoms with Crippen molar-refractivity contribution in [2.24, 2.45) is 5.92 Å². The molecule has 0 aromatic carbocycles. The third-order valence-corrected chi connectivity index (χ3v) is 2.27. The number of hydrogen-bond donors (Lipinski definition) is 1. The number of rotatable bonds is 3. The van der Waals surface area contributed by atoms with Crippen LogP contribution < -0.4 is 5.32 Å². The minimum atomic E-state index is -0.584. The van der Waals surface area contributed by atoms with Crippen molar-refractivity contribution in [3.63, 3.8) is 0 Å². The lowest BCUT2D eigenvalue weighted by Gasteiger charge is -2.26. The molecule has 0 radical (unpaired) electrons. The van der Waals surface area contributed by atoms with Crippen LogP contribution in [0.25, 0.3) is 0 Å². The first-order valence-corrected chi connectivity index (χ1v) is 6.47. The Morgan fingerprint density at radius 3 is 2.06 bits per heavy atom. The normalized spacial score (nSPS) is 13.4. The number of nitrogens with one attached hydrogen (secondary N) is 1. The van der Waals surface area contributed by atoms with Crippen LogP contribution in [0, 0.1) is 5.92 Å². The molecule has 1 N–H and O–H groups in total. The highest BCUT2D eigenvalue weighted by Crippen LogP contribution is 2.13. The largest absolute Gasteiger partial charge is 0.458 e. The van der Waals surface area contributed by atoms with Gasteiger partial charge in [-0.3, -0.25) is 4.79 Å². The second kappa shape index (κ2) is 6.13. The summed E-state index contributed by atoms with van der Waals surface area (Å²) in [7, 11) is 0. The van der Waals surface area contributed by atoms with Gasteiger partial charge in [-0.2, -0.15) is 0 Å². The minimum Gasteiger partial charge on any atom is -0.458 e. The van der Waals surface area contributed by atoms with Crippen LogP contribution in [-0.4, -0.2) is 29.1 Å². The second-order valence-corrected chi connectivity index (χ2v) is 5.67. The molecule has 0 unspecified atom stereocenters. The second-order valence-electron chi connectivity index (χ2n) is 4.89. The van der Waals surface area contributed by atoms with Gasteiger partial charge in [0, 0.05) is 0 Å². The minimum absolute atomic E-state index is 0.00551. The van der Waals surface area contributed by atoms with Gasteiger partial charge >= 0.3 is 5.97 Å². The van der Waals surface area contributed by atoms with E-state index in [0.29, 0.717) is 0 Å². The van der Waals surface area contributed by atoms with E-state index in [2.05, 4.69) is 5.32 Å². The lowest BCUT2D eigenvalue weighted by Crippen LogP contribution is -2.46. The Balaban J connectivity index is 4.54. The quantitative estimate of drug-likeness (QED) is 0.778. The fourth-order valence-corrected chi connectivity index (χ4v) is 1.29. The summed E-state index contributed by atoms with van der Waals surface area (Å²) in [6.45, 7) is 9.15. The molecule has 0 heterocycles. The molecule has 0 aliphatic carbocycles. The van der Waals surface area contributed by atoms with E-state index in [0.717, 1.165) is 11.8 Å². The molecule has 1 atom stereocenters. The van der Waals surface area contributed by atoms with E-state index >= 15 is 0 Å². The monoisotopic (exact) mass is 247 g/mol. The zero-order valence-corrected chi connectivity index (χ0v) is 11.6. The first-order valence-electron chi connectivity index (χ1n) is 5.24. The summed E-state index contributed by atoms with van der Waals surface area (Å²) in [5.74, 6) is -0.379. The molecule has 5 heteroatoms. The Hall–Kier alpha value is -0.710. The highest BCUT2D eigenvalue weighted by atomic mass is 32.2. The maximum absolute atomic E-state index is 11.8. The van der Waals surface area contributed by atoms with Crippen molar-refractivity contribution in [1.82, 2.24) is 5.32 Å². The molecular weight excluding hydrogens is 226 g/mol. The molecule has 0 aromatic heterocycles. The molecule has 0 bridgehead atoms. The lowest BCUT2D eigenvalue weighted by atomic mass is 10.0.